The molecule has 2 aliphatic heterocycles. The predicted octanol–water partition coefficient (Wildman–Crippen LogP) is 8.74. The van der Waals surface area contributed by atoms with Gasteiger partial charge in [0.15, 0.2) is 6.23 Å². The van der Waals surface area contributed by atoms with Gasteiger partial charge in [-0.25, -0.2) is 13.9 Å². The van der Waals surface area contributed by atoms with Crippen LogP contribution in [0.1, 0.15) is 86.5 Å². The molecule has 6 rings (SSSR count). The van der Waals surface area contributed by atoms with Gasteiger partial charge in [0, 0.05) is 73.3 Å². The number of amides is 2. The number of piperazine rings is 1. The summed E-state index contributed by atoms with van der Waals surface area (Å²) >= 11 is 12.7. The van der Waals surface area contributed by atoms with Crippen molar-refractivity contribution in [2.24, 2.45) is 0 Å². The molecule has 264 valence electrons. The minimum Gasteiger partial charge on any atom is -0.486 e. The molecule has 0 spiro atoms. The first-order chi connectivity index (χ1) is 23.9. The van der Waals surface area contributed by atoms with Gasteiger partial charge in [0.1, 0.15) is 23.3 Å². The van der Waals surface area contributed by atoms with Gasteiger partial charge in [-0.3, -0.25) is 9.78 Å². The van der Waals surface area contributed by atoms with Crippen molar-refractivity contribution in [3.8, 4) is 5.75 Å². The largest absolute Gasteiger partial charge is 0.486 e. The average Bonchev–Trinajstić information content (AvgIpc) is 3.45. The fourth-order valence-corrected chi connectivity index (χ4v) is 6.78. The van der Waals surface area contributed by atoms with E-state index < -0.39 is 23.6 Å². The predicted molar refractivity (Wildman–Crippen MR) is 191 cm³/mol. The van der Waals surface area contributed by atoms with Gasteiger partial charge in [0.25, 0.3) is 5.91 Å². The number of benzene rings is 2. The Bertz CT molecular complexity index is 1870. The van der Waals surface area contributed by atoms with Gasteiger partial charge in [0.05, 0.1) is 21.3 Å². The first kappa shape index (κ1) is 35.6. The molecule has 4 heterocycles. The number of hydrogen-bond acceptors (Lipinski definition) is 7. The van der Waals surface area contributed by atoms with E-state index in [2.05, 4.69) is 4.98 Å². The number of nitrogens with zero attached hydrogens (tertiary/aromatic N) is 5. The van der Waals surface area contributed by atoms with Crippen molar-refractivity contribution in [2.75, 3.05) is 32.8 Å². The molecule has 13 heteroatoms. The maximum absolute atomic E-state index is 15.9. The van der Waals surface area contributed by atoms with Crippen molar-refractivity contribution >= 4 is 58.0 Å². The van der Waals surface area contributed by atoms with E-state index in [-0.39, 0.29) is 12.1 Å². The van der Waals surface area contributed by atoms with E-state index in [4.69, 9.17) is 42.5 Å². The molecule has 0 bridgehead atoms. The lowest BCUT2D eigenvalue weighted by Gasteiger charge is -2.35. The maximum atomic E-state index is 15.9. The molecule has 0 N–H and O–H groups in total. The Kier molecular flexibility index (Phi) is 10.7. The Morgan fingerprint density at radius 1 is 0.980 bits per heavy atom. The molecular weight excluding hydrogens is 684 g/mol. The van der Waals surface area contributed by atoms with Gasteiger partial charge < -0.3 is 24.0 Å². The summed E-state index contributed by atoms with van der Waals surface area (Å²) in [5, 5.41) is 6.28. The third kappa shape index (κ3) is 8.06. The molecule has 2 aliphatic rings. The van der Waals surface area contributed by atoms with Crippen molar-refractivity contribution in [3.05, 3.63) is 87.3 Å². The molecule has 0 aliphatic carbocycles. The number of rotatable bonds is 7. The third-order valence-corrected chi connectivity index (χ3v) is 9.24. The first-order valence-electron chi connectivity index (χ1n) is 16.7. The average molecular weight is 725 g/mol. The van der Waals surface area contributed by atoms with Crippen LogP contribution < -0.4 is 4.74 Å². The van der Waals surface area contributed by atoms with Gasteiger partial charge in [-0.15, -0.1) is 0 Å². The van der Waals surface area contributed by atoms with Gasteiger partial charge in [-0.05, 0) is 77.3 Å². The molecule has 50 heavy (non-hydrogen) atoms. The molecule has 2 atom stereocenters. The van der Waals surface area contributed by atoms with Crippen molar-refractivity contribution < 1.29 is 28.2 Å². The molecule has 0 radical (unpaired) electrons. The third-order valence-electron chi connectivity index (χ3n) is 8.63. The van der Waals surface area contributed by atoms with Crippen LogP contribution in [0, 0.1) is 0 Å². The van der Waals surface area contributed by atoms with Crippen LogP contribution >= 0.6 is 23.2 Å². The number of pyridine rings is 1. The van der Waals surface area contributed by atoms with Crippen LogP contribution in [-0.4, -0.2) is 75.0 Å². The van der Waals surface area contributed by atoms with Gasteiger partial charge in [-0.2, -0.15) is 5.10 Å². The maximum Gasteiger partial charge on any atom is 0.410 e. The van der Waals surface area contributed by atoms with E-state index in [1.165, 1.54) is 18.5 Å². The minimum absolute atomic E-state index is 0.182. The second kappa shape index (κ2) is 15.0. The Hall–Kier alpha value is -4.19. The molecule has 10 nitrogen and oxygen atoms in total. The summed E-state index contributed by atoms with van der Waals surface area (Å²) in [5.41, 5.74) is 1.95. The van der Waals surface area contributed by atoms with Crippen LogP contribution in [-0.2, 0) is 9.47 Å². The summed E-state index contributed by atoms with van der Waals surface area (Å²) in [7, 11) is 0. The lowest BCUT2D eigenvalue weighted by Crippen LogP contribution is -2.51. The van der Waals surface area contributed by atoms with Gasteiger partial charge >= 0.3 is 6.09 Å². The number of hydrogen-bond donors (Lipinski definition) is 0. The smallest absolute Gasteiger partial charge is 0.410 e. The summed E-state index contributed by atoms with van der Waals surface area (Å²) in [4.78, 5) is 33.0. The monoisotopic (exact) mass is 723 g/mol. The summed E-state index contributed by atoms with van der Waals surface area (Å²) in [6.07, 6.45) is 6.05. The Morgan fingerprint density at radius 2 is 1.64 bits per heavy atom. The lowest BCUT2D eigenvalue weighted by atomic mass is 10.1. The van der Waals surface area contributed by atoms with Crippen molar-refractivity contribution in [1.82, 2.24) is 24.6 Å². The number of fused-ring (bicyclic) bond motifs is 1. The second-order valence-corrected chi connectivity index (χ2v) is 14.3. The molecule has 2 aromatic carbocycles. The Balaban J connectivity index is 1.21. The highest BCUT2D eigenvalue weighted by Crippen LogP contribution is 2.36. The highest BCUT2D eigenvalue weighted by molar-refractivity contribution is 6.35. The summed E-state index contributed by atoms with van der Waals surface area (Å²) in [5.74, 6) is -0.165. The normalized spacial score (nSPS) is 17.9. The van der Waals surface area contributed by atoms with E-state index in [9.17, 15) is 9.59 Å². The fraction of sp³-hybridized carbons (Fsp3) is 0.405. The molecule has 2 amide bonds. The molecular formula is C37H40Cl2FN5O5. The quantitative estimate of drug-likeness (QED) is 0.188. The molecule has 2 aromatic heterocycles. The standard InChI is InChI=1S/C37H40Cl2FN5O5/c1-23(34-28(38)21-41-22-29(34)39)49-26-12-13-32-27(19-26)31(42-45(32)33-7-5-6-18-48-33)20-30(40)24-8-10-25(11-9-24)35(46)43-14-16-44(17-15-43)36(47)50-37(2,3)4/h8-13,19-23,33H,5-7,14-18H2,1-4H3/b30-20-/t23-,33?/m1/s1. The number of carbonyl (C=O) groups excluding carboxylic acids is 2. The van der Waals surface area contributed by atoms with Crippen LogP contribution in [0.5, 0.6) is 5.75 Å². The molecule has 1 unspecified atom stereocenters. The summed E-state index contributed by atoms with van der Waals surface area (Å²) in [6.45, 7) is 9.43. The van der Waals surface area contributed by atoms with Crippen LogP contribution in [0.2, 0.25) is 10.0 Å². The van der Waals surface area contributed by atoms with E-state index >= 15 is 4.39 Å². The topological polar surface area (TPSA) is 99.0 Å². The van der Waals surface area contributed by atoms with Crippen LogP contribution in [0.15, 0.2) is 54.9 Å². The summed E-state index contributed by atoms with van der Waals surface area (Å²) in [6, 6.07) is 11.9. The zero-order chi connectivity index (χ0) is 35.6. The fourth-order valence-electron chi connectivity index (χ4n) is 6.11. The molecule has 2 saturated heterocycles. The zero-order valence-corrected chi connectivity index (χ0v) is 30.0. The van der Waals surface area contributed by atoms with Crippen LogP contribution in [0.25, 0.3) is 22.8 Å². The highest BCUT2D eigenvalue weighted by Gasteiger charge is 2.28. The molecule has 2 fully saturated rings. The lowest BCUT2D eigenvalue weighted by molar-refractivity contribution is -0.0367. The number of carbonyl (C=O) groups is 2. The number of ether oxygens (including phenoxy) is 3. The van der Waals surface area contributed by atoms with E-state index in [0.29, 0.717) is 76.4 Å². The Labute approximate surface area is 300 Å². The molecule has 0 saturated carbocycles. The van der Waals surface area contributed by atoms with Crippen molar-refractivity contribution in [3.63, 3.8) is 0 Å². The van der Waals surface area contributed by atoms with Crippen molar-refractivity contribution in [2.45, 2.75) is 64.9 Å². The van der Waals surface area contributed by atoms with Crippen LogP contribution in [0.3, 0.4) is 0 Å². The van der Waals surface area contributed by atoms with Crippen molar-refractivity contribution in [1.29, 1.82) is 0 Å². The highest BCUT2D eigenvalue weighted by atomic mass is 35.5. The minimum atomic E-state index is -0.590. The second-order valence-electron chi connectivity index (χ2n) is 13.4. The van der Waals surface area contributed by atoms with E-state index in [0.717, 1.165) is 24.8 Å². The first-order valence-corrected chi connectivity index (χ1v) is 17.5. The summed E-state index contributed by atoms with van der Waals surface area (Å²) < 4.78 is 35.5. The van der Waals surface area contributed by atoms with Gasteiger partial charge in [0.2, 0.25) is 0 Å². The van der Waals surface area contributed by atoms with E-state index in [1.54, 1.807) is 34.1 Å². The number of halogens is 3. The van der Waals surface area contributed by atoms with Crippen LogP contribution in [0.4, 0.5) is 9.18 Å². The zero-order valence-electron chi connectivity index (χ0n) is 28.5. The Morgan fingerprint density at radius 3 is 2.28 bits per heavy atom. The molecule has 4 aromatic rings. The number of aromatic nitrogens is 3. The van der Waals surface area contributed by atoms with Gasteiger partial charge in [-0.1, -0.05) is 35.3 Å². The SMILES string of the molecule is C[C@@H](Oc1ccc2c(c1)c(/C=C(\F)c1ccc(C(=O)N3CCN(C(=O)OC(C)(C)C)CC3)cc1)nn2C1CCCCO1)c1c(Cl)cncc1Cl. The van der Waals surface area contributed by atoms with E-state index in [1.807, 2.05) is 50.6 Å².